The number of amides is 2. The monoisotopic (exact) mass is 543 g/mol. The Morgan fingerprint density at radius 1 is 1.03 bits per heavy atom. The largest absolute Gasteiger partial charge is 0.507 e. The lowest BCUT2D eigenvalue weighted by Crippen LogP contribution is -2.48. The zero-order valence-electron chi connectivity index (χ0n) is 20.3. The Labute approximate surface area is 221 Å². The molecule has 38 heavy (non-hydrogen) atoms. The number of piperazine rings is 1. The molecular weight excluding hydrogens is 520 g/mol. The van der Waals surface area contributed by atoms with Gasteiger partial charge in [-0.05, 0) is 24.3 Å². The van der Waals surface area contributed by atoms with Gasteiger partial charge in [0.15, 0.2) is 5.82 Å². The second-order valence-electron chi connectivity index (χ2n) is 8.87. The molecule has 3 heterocycles. The maximum Gasteiger partial charge on any atom is 0.291 e. The molecular formula is C26H24ClF2N5O4. The highest BCUT2D eigenvalue weighted by Gasteiger charge is 2.29. The number of ether oxygens (including phenoxy) is 1. The second kappa shape index (κ2) is 10.5. The Kier molecular flexibility index (Phi) is 7.13. The van der Waals surface area contributed by atoms with Gasteiger partial charge in [0, 0.05) is 50.2 Å². The predicted octanol–water partition coefficient (Wildman–Crippen LogP) is 3.24. The van der Waals surface area contributed by atoms with Crippen LogP contribution in [-0.4, -0.2) is 89.2 Å². The van der Waals surface area contributed by atoms with Crippen LogP contribution in [-0.2, 0) is 9.53 Å². The molecule has 2 aliphatic rings. The number of benzene rings is 2. The number of nitrogens with zero attached hydrogens (tertiary/aromatic N) is 5. The van der Waals surface area contributed by atoms with E-state index in [-0.39, 0.29) is 39.0 Å². The van der Waals surface area contributed by atoms with Crippen molar-refractivity contribution in [3.8, 4) is 16.9 Å². The van der Waals surface area contributed by atoms with Gasteiger partial charge in [-0.25, -0.2) is 18.7 Å². The Morgan fingerprint density at radius 2 is 1.74 bits per heavy atom. The van der Waals surface area contributed by atoms with Crippen molar-refractivity contribution in [2.24, 2.45) is 0 Å². The predicted molar refractivity (Wildman–Crippen MR) is 137 cm³/mol. The topological polar surface area (TPSA) is 99.1 Å². The molecule has 2 saturated heterocycles. The van der Waals surface area contributed by atoms with Crippen LogP contribution in [0.2, 0.25) is 5.02 Å². The number of carbonyl (C=O) groups excluding carboxylic acids is 2. The summed E-state index contributed by atoms with van der Waals surface area (Å²) in [5.41, 5.74) is -1.02. The Hall–Kier alpha value is -3.83. The number of aromatic hydroxyl groups is 1. The first-order valence-electron chi connectivity index (χ1n) is 12.0. The Bertz CT molecular complexity index is 1420. The molecule has 0 atom stereocenters. The number of aromatic nitrogens is 2. The molecule has 0 saturated carbocycles. The third-order valence-electron chi connectivity index (χ3n) is 6.66. The van der Waals surface area contributed by atoms with E-state index in [1.165, 1.54) is 29.2 Å². The summed E-state index contributed by atoms with van der Waals surface area (Å²) in [5.74, 6) is -3.02. The zero-order valence-corrected chi connectivity index (χ0v) is 21.0. The van der Waals surface area contributed by atoms with Gasteiger partial charge in [0.25, 0.3) is 5.91 Å². The fourth-order valence-electron chi connectivity index (χ4n) is 4.68. The highest BCUT2D eigenvalue weighted by molar-refractivity contribution is 6.34. The Balaban J connectivity index is 1.67. The van der Waals surface area contributed by atoms with Gasteiger partial charge >= 0.3 is 0 Å². The number of halogens is 3. The molecule has 12 heteroatoms. The van der Waals surface area contributed by atoms with E-state index in [0.29, 0.717) is 52.5 Å². The summed E-state index contributed by atoms with van der Waals surface area (Å²) in [4.78, 5) is 39.1. The maximum absolute atomic E-state index is 16.1. The van der Waals surface area contributed by atoms with Crippen LogP contribution in [0.15, 0.2) is 36.9 Å². The SMILES string of the molecule is C=CC(=O)N1CCN(c2nc(C(=O)N3CCOCC3)nc3c(F)c(-c4c(O)cccc4F)c(Cl)cc23)CC1. The van der Waals surface area contributed by atoms with Crippen LogP contribution < -0.4 is 4.90 Å². The van der Waals surface area contributed by atoms with Crippen molar-refractivity contribution < 1.29 is 28.2 Å². The number of rotatable bonds is 4. The standard InChI is InChI=1S/C26H24ClF2N5O4/c1-2-19(36)32-6-8-33(9-7-32)25-15-14-16(27)20(21-17(28)4-3-5-18(21)35)22(29)23(15)30-24(31-25)26(37)34-10-12-38-13-11-34/h2-5,14,35H,1,6-13H2. The minimum Gasteiger partial charge on any atom is -0.507 e. The van der Waals surface area contributed by atoms with Crippen molar-refractivity contribution in [1.29, 1.82) is 0 Å². The fourth-order valence-corrected chi connectivity index (χ4v) is 4.97. The summed E-state index contributed by atoms with van der Waals surface area (Å²) >= 11 is 6.46. The van der Waals surface area contributed by atoms with Gasteiger partial charge in [-0.1, -0.05) is 24.2 Å². The van der Waals surface area contributed by atoms with E-state index in [2.05, 4.69) is 16.5 Å². The number of phenolic OH excluding ortho intramolecular Hbond substituents is 1. The number of carbonyl (C=O) groups is 2. The van der Waals surface area contributed by atoms with E-state index in [4.69, 9.17) is 16.3 Å². The van der Waals surface area contributed by atoms with Crippen molar-refractivity contribution in [2.45, 2.75) is 0 Å². The van der Waals surface area contributed by atoms with E-state index in [1.807, 2.05) is 4.90 Å². The van der Waals surface area contributed by atoms with Gasteiger partial charge in [0.05, 0.1) is 23.8 Å². The molecule has 2 fully saturated rings. The van der Waals surface area contributed by atoms with E-state index < -0.39 is 28.9 Å². The van der Waals surface area contributed by atoms with E-state index >= 15 is 4.39 Å². The van der Waals surface area contributed by atoms with Crippen molar-refractivity contribution in [1.82, 2.24) is 19.8 Å². The molecule has 198 valence electrons. The summed E-state index contributed by atoms with van der Waals surface area (Å²) < 4.78 is 36.2. The average molecular weight is 544 g/mol. The summed E-state index contributed by atoms with van der Waals surface area (Å²) in [6.45, 7) is 6.31. The molecule has 2 aliphatic heterocycles. The smallest absolute Gasteiger partial charge is 0.291 e. The summed E-state index contributed by atoms with van der Waals surface area (Å²) in [7, 11) is 0. The number of anilines is 1. The van der Waals surface area contributed by atoms with E-state index in [9.17, 15) is 19.1 Å². The van der Waals surface area contributed by atoms with Crippen molar-refractivity contribution in [3.05, 3.63) is 59.4 Å². The molecule has 0 radical (unpaired) electrons. The quantitative estimate of drug-likeness (QED) is 0.504. The highest BCUT2D eigenvalue weighted by atomic mass is 35.5. The maximum atomic E-state index is 16.1. The molecule has 1 N–H and O–H groups in total. The molecule has 5 rings (SSSR count). The number of hydrogen-bond acceptors (Lipinski definition) is 7. The molecule has 2 amide bonds. The molecule has 1 aromatic heterocycles. The molecule has 0 bridgehead atoms. The number of hydrogen-bond donors (Lipinski definition) is 1. The Morgan fingerprint density at radius 3 is 2.39 bits per heavy atom. The summed E-state index contributed by atoms with van der Waals surface area (Å²) in [5, 5.41) is 10.4. The third-order valence-corrected chi connectivity index (χ3v) is 6.96. The minimum absolute atomic E-state index is 0.159. The van der Waals surface area contributed by atoms with Crippen LogP contribution in [0.4, 0.5) is 14.6 Å². The van der Waals surface area contributed by atoms with Crippen molar-refractivity contribution in [3.63, 3.8) is 0 Å². The first-order valence-corrected chi connectivity index (χ1v) is 12.4. The molecule has 0 spiro atoms. The normalized spacial score (nSPS) is 16.1. The molecule has 0 aliphatic carbocycles. The zero-order chi connectivity index (χ0) is 27.0. The molecule has 9 nitrogen and oxygen atoms in total. The van der Waals surface area contributed by atoms with Crippen LogP contribution in [0.3, 0.4) is 0 Å². The lowest BCUT2D eigenvalue weighted by atomic mass is 10.0. The molecule has 0 unspecified atom stereocenters. The lowest BCUT2D eigenvalue weighted by molar-refractivity contribution is -0.126. The van der Waals surface area contributed by atoms with Crippen LogP contribution >= 0.6 is 11.6 Å². The van der Waals surface area contributed by atoms with Gasteiger partial charge < -0.3 is 24.5 Å². The van der Waals surface area contributed by atoms with Crippen molar-refractivity contribution in [2.75, 3.05) is 57.4 Å². The minimum atomic E-state index is -0.993. The summed E-state index contributed by atoms with van der Waals surface area (Å²) in [6, 6.07) is 5.00. The molecule has 2 aromatic carbocycles. The molecule has 3 aromatic rings. The third kappa shape index (κ3) is 4.63. The van der Waals surface area contributed by atoms with Gasteiger partial charge in [-0.15, -0.1) is 0 Å². The first-order chi connectivity index (χ1) is 18.3. The first kappa shape index (κ1) is 25.8. The van der Waals surface area contributed by atoms with Gasteiger partial charge in [0.2, 0.25) is 11.7 Å². The van der Waals surface area contributed by atoms with E-state index in [1.54, 1.807) is 4.90 Å². The van der Waals surface area contributed by atoms with Crippen LogP contribution in [0.25, 0.3) is 22.0 Å². The second-order valence-corrected chi connectivity index (χ2v) is 9.28. The number of morpholine rings is 1. The van der Waals surface area contributed by atoms with E-state index in [0.717, 1.165) is 6.07 Å². The van der Waals surface area contributed by atoms with Gasteiger partial charge in [-0.2, -0.15) is 0 Å². The summed E-state index contributed by atoms with van der Waals surface area (Å²) in [6.07, 6.45) is 1.24. The number of fused-ring (bicyclic) bond motifs is 1. The van der Waals surface area contributed by atoms with Crippen molar-refractivity contribution >= 4 is 40.1 Å². The average Bonchev–Trinajstić information content (AvgIpc) is 2.94. The number of phenols is 1. The highest BCUT2D eigenvalue weighted by Crippen LogP contribution is 2.42. The lowest BCUT2D eigenvalue weighted by Gasteiger charge is -2.35. The van der Waals surface area contributed by atoms with Gasteiger partial charge in [-0.3, -0.25) is 9.59 Å². The fraction of sp³-hybridized carbons (Fsp3) is 0.308. The van der Waals surface area contributed by atoms with Crippen LogP contribution in [0.5, 0.6) is 5.75 Å². The van der Waals surface area contributed by atoms with Crippen LogP contribution in [0.1, 0.15) is 10.6 Å². The van der Waals surface area contributed by atoms with Gasteiger partial charge in [0.1, 0.15) is 22.9 Å². The van der Waals surface area contributed by atoms with Crippen LogP contribution in [0, 0.1) is 11.6 Å².